The van der Waals surface area contributed by atoms with E-state index in [1.54, 1.807) is 0 Å². The zero-order valence-corrected chi connectivity index (χ0v) is 11.6. The summed E-state index contributed by atoms with van der Waals surface area (Å²) in [4.78, 5) is 0. The molecule has 2 rings (SSSR count). The smallest absolute Gasteiger partial charge is 0.0864 e. The van der Waals surface area contributed by atoms with E-state index in [9.17, 15) is 5.11 Å². The van der Waals surface area contributed by atoms with Gasteiger partial charge in [-0.1, -0.05) is 20.3 Å². The van der Waals surface area contributed by atoms with Gasteiger partial charge in [0.05, 0.1) is 12.2 Å². The average Bonchev–Trinajstić information content (AvgIpc) is 3.13. The van der Waals surface area contributed by atoms with Crippen LogP contribution in [0.4, 0.5) is 0 Å². The lowest BCUT2D eigenvalue weighted by Crippen LogP contribution is -2.40. The van der Waals surface area contributed by atoms with Crippen molar-refractivity contribution in [1.82, 2.24) is 0 Å². The fourth-order valence-corrected chi connectivity index (χ4v) is 3.30. The highest BCUT2D eigenvalue weighted by Gasteiger charge is 2.41. The van der Waals surface area contributed by atoms with Crippen molar-refractivity contribution >= 4 is 0 Å². The third kappa shape index (κ3) is 3.23. The highest BCUT2D eigenvalue weighted by molar-refractivity contribution is 4.91. The van der Waals surface area contributed by atoms with E-state index in [4.69, 9.17) is 4.74 Å². The van der Waals surface area contributed by atoms with Crippen LogP contribution in [0.2, 0.25) is 0 Å². The van der Waals surface area contributed by atoms with Crippen molar-refractivity contribution in [2.75, 3.05) is 6.61 Å². The zero-order chi connectivity index (χ0) is 12.4. The molecular formula is C15H28O2. The Morgan fingerprint density at radius 1 is 1.06 bits per heavy atom. The number of hydrogen-bond acceptors (Lipinski definition) is 2. The number of aliphatic hydroxyl groups excluding tert-OH is 1. The molecular weight excluding hydrogens is 212 g/mol. The predicted octanol–water partition coefficient (Wildman–Crippen LogP) is 3.23. The van der Waals surface area contributed by atoms with Crippen molar-refractivity contribution in [3.63, 3.8) is 0 Å². The lowest BCUT2D eigenvalue weighted by atomic mass is 9.72. The summed E-state index contributed by atoms with van der Waals surface area (Å²) in [6, 6.07) is 0. The summed E-state index contributed by atoms with van der Waals surface area (Å²) in [7, 11) is 0. The molecule has 5 atom stereocenters. The molecule has 2 heteroatoms. The Labute approximate surface area is 106 Å². The molecule has 0 aromatic heterocycles. The molecule has 0 aromatic rings. The van der Waals surface area contributed by atoms with Gasteiger partial charge in [-0.25, -0.2) is 0 Å². The summed E-state index contributed by atoms with van der Waals surface area (Å²) < 4.78 is 5.79. The maximum Gasteiger partial charge on any atom is 0.0864 e. The number of aliphatic hydroxyl groups is 1. The topological polar surface area (TPSA) is 29.5 Å². The quantitative estimate of drug-likeness (QED) is 0.799. The van der Waals surface area contributed by atoms with Crippen LogP contribution in [-0.2, 0) is 4.74 Å². The van der Waals surface area contributed by atoms with E-state index in [-0.39, 0.29) is 12.2 Å². The van der Waals surface area contributed by atoms with Crippen LogP contribution in [0.25, 0.3) is 0 Å². The molecule has 0 radical (unpaired) electrons. The molecule has 1 N–H and O–H groups in total. The van der Waals surface area contributed by atoms with Crippen molar-refractivity contribution in [2.45, 2.75) is 65.1 Å². The van der Waals surface area contributed by atoms with Crippen LogP contribution >= 0.6 is 0 Å². The standard InChI is InChI=1S/C15H28O2/c1-4-17-15(12-7-8-12)14(16)13-6-5-10(2)11(3)9-13/h10-16H,4-9H2,1-3H3. The van der Waals surface area contributed by atoms with Crippen LogP contribution in [0.3, 0.4) is 0 Å². The van der Waals surface area contributed by atoms with E-state index < -0.39 is 0 Å². The van der Waals surface area contributed by atoms with Crippen molar-refractivity contribution in [1.29, 1.82) is 0 Å². The molecule has 2 fully saturated rings. The van der Waals surface area contributed by atoms with Gasteiger partial charge in [0.2, 0.25) is 0 Å². The van der Waals surface area contributed by atoms with Crippen molar-refractivity contribution in [3.05, 3.63) is 0 Å². The Hall–Kier alpha value is -0.0800. The van der Waals surface area contributed by atoms with Crippen LogP contribution in [-0.4, -0.2) is 23.9 Å². The van der Waals surface area contributed by atoms with Gasteiger partial charge >= 0.3 is 0 Å². The van der Waals surface area contributed by atoms with Gasteiger partial charge in [0.25, 0.3) is 0 Å². The molecule has 0 aliphatic heterocycles. The fourth-order valence-electron chi connectivity index (χ4n) is 3.30. The van der Waals surface area contributed by atoms with Gasteiger partial charge in [-0.2, -0.15) is 0 Å². The second kappa shape index (κ2) is 5.71. The van der Waals surface area contributed by atoms with E-state index in [1.807, 2.05) is 6.92 Å². The molecule has 0 spiro atoms. The molecule has 17 heavy (non-hydrogen) atoms. The van der Waals surface area contributed by atoms with Gasteiger partial charge in [0.1, 0.15) is 0 Å². The molecule has 5 unspecified atom stereocenters. The summed E-state index contributed by atoms with van der Waals surface area (Å²) in [6.45, 7) is 7.44. The minimum atomic E-state index is -0.225. The van der Waals surface area contributed by atoms with E-state index in [2.05, 4.69) is 13.8 Å². The number of ether oxygens (including phenoxy) is 1. The molecule has 2 aliphatic carbocycles. The average molecular weight is 240 g/mol. The Balaban J connectivity index is 1.90. The Bertz CT molecular complexity index is 237. The first kappa shape index (κ1) is 13.4. The summed E-state index contributed by atoms with van der Waals surface area (Å²) in [5.41, 5.74) is 0. The first-order valence-electron chi connectivity index (χ1n) is 7.43. The lowest BCUT2D eigenvalue weighted by molar-refractivity contribution is -0.0811. The molecule has 0 saturated heterocycles. The van der Waals surface area contributed by atoms with Gasteiger partial charge in [-0.15, -0.1) is 0 Å². The maximum atomic E-state index is 10.6. The highest BCUT2D eigenvalue weighted by Crippen LogP contribution is 2.41. The molecule has 0 aromatic carbocycles. The van der Waals surface area contributed by atoms with Gasteiger partial charge in [0.15, 0.2) is 0 Å². The molecule has 2 aliphatic rings. The third-order valence-electron chi connectivity index (χ3n) is 4.90. The first-order chi connectivity index (χ1) is 8.13. The monoisotopic (exact) mass is 240 g/mol. The third-order valence-corrected chi connectivity index (χ3v) is 4.90. The van der Waals surface area contributed by atoms with Gasteiger partial charge in [-0.05, 0) is 56.3 Å². The lowest BCUT2D eigenvalue weighted by Gasteiger charge is -2.37. The predicted molar refractivity (Wildman–Crippen MR) is 69.8 cm³/mol. The molecule has 0 heterocycles. The Morgan fingerprint density at radius 2 is 1.71 bits per heavy atom. The number of rotatable bonds is 5. The fraction of sp³-hybridized carbons (Fsp3) is 1.00. The summed E-state index contributed by atoms with van der Waals surface area (Å²) in [5.74, 6) is 2.69. The van der Waals surface area contributed by atoms with E-state index in [0.717, 1.165) is 18.4 Å². The summed E-state index contributed by atoms with van der Waals surface area (Å²) in [6.07, 6.45) is 6.03. The maximum absolute atomic E-state index is 10.6. The van der Waals surface area contributed by atoms with Crippen molar-refractivity contribution in [3.8, 4) is 0 Å². The summed E-state index contributed by atoms with van der Waals surface area (Å²) >= 11 is 0. The van der Waals surface area contributed by atoms with E-state index in [0.29, 0.717) is 11.8 Å². The Morgan fingerprint density at radius 3 is 2.24 bits per heavy atom. The summed E-state index contributed by atoms with van der Waals surface area (Å²) in [5, 5.41) is 10.6. The second-order valence-electron chi connectivity index (χ2n) is 6.28. The van der Waals surface area contributed by atoms with Crippen LogP contribution in [0.5, 0.6) is 0 Å². The molecule has 2 nitrogen and oxygen atoms in total. The van der Waals surface area contributed by atoms with Crippen LogP contribution < -0.4 is 0 Å². The van der Waals surface area contributed by atoms with Crippen LogP contribution in [0.15, 0.2) is 0 Å². The largest absolute Gasteiger partial charge is 0.390 e. The molecule has 2 saturated carbocycles. The normalized spacial score (nSPS) is 37.8. The highest BCUT2D eigenvalue weighted by atomic mass is 16.5. The number of hydrogen-bond donors (Lipinski definition) is 1. The molecule has 0 amide bonds. The van der Waals surface area contributed by atoms with Crippen LogP contribution in [0.1, 0.15) is 52.9 Å². The van der Waals surface area contributed by atoms with Crippen molar-refractivity contribution in [2.24, 2.45) is 23.7 Å². The minimum Gasteiger partial charge on any atom is -0.390 e. The van der Waals surface area contributed by atoms with Gasteiger partial charge in [0, 0.05) is 6.61 Å². The first-order valence-corrected chi connectivity index (χ1v) is 7.43. The SMILES string of the molecule is CCOC(C1CC1)C(O)C1CCC(C)C(C)C1. The van der Waals surface area contributed by atoms with Gasteiger partial charge < -0.3 is 9.84 Å². The zero-order valence-electron chi connectivity index (χ0n) is 11.6. The second-order valence-corrected chi connectivity index (χ2v) is 6.28. The van der Waals surface area contributed by atoms with Gasteiger partial charge in [-0.3, -0.25) is 0 Å². The minimum absolute atomic E-state index is 0.116. The van der Waals surface area contributed by atoms with E-state index >= 15 is 0 Å². The van der Waals surface area contributed by atoms with Crippen molar-refractivity contribution < 1.29 is 9.84 Å². The van der Waals surface area contributed by atoms with E-state index in [1.165, 1.54) is 32.1 Å². The molecule has 0 bridgehead atoms. The Kier molecular flexibility index (Phi) is 4.48. The van der Waals surface area contributed by atoms with Crippen LogP contribution in [0, 0.1) is 23.7 Å². The molecule has 100 valence electrons.